The third-order valence-corrected chi connectivity index (χ3v) is 2.98. The van der Waals surface area contributed by atoms with E-state index in [9.17, 15) is 9.59 Å². The summed E-state index contributed by atoms with van der Waals surface area (Å²) in [5.41, 5.74) is 0. The molecule has 4 nitrogen and oxygen atoms in total. The maximum absolute atomic E-state index is 11.2. The molecule has 88 valence electrons. The molecule has 1 atom stereocenters. The number of amides is 1. The number of carbonyl (C=O) groups is 2. The van der Waals surface area contributed by atoms with Gasteiger partial charge in [-0.2, -0.15) is 0 Å². The molecule has 0 saturated heterocycles. The van der Waals surface area contributed by atoms with Crippen molar-refractivity contribution in [3.63, 3.8) is 0 Å². The zero-order chi connectivity index (χ0) is 11.7. The molecule has 0 aromatic heterocycles. The first-order chi connectivity index (χ1) is 7.06. The van der Waals surface area contributed by atoms with E-state index in [-0.39, 0.29) is 17.6 Å². The summed E-state index contributed by atoms with van der Waals surface area (Å²) >= 11 is 1.38. The van der Waals surface area contributed by atoms with Crippen LogP contribution in [0.2, 0.25) is 0 Å². The number of nitrogens with one attached hydrogen (secondary N) is 1. The predicted molar refractivity (Wildman–Crippen MR) is 62.1 cm³/mol. The lowest BCUT2D eigenvalue weighted by Crippen LogP contribution is -2.26. The van der Waals surface area contributed by atoms with Gasteiger partial charge in [0.1, 0.15) is 0 Å². The normalized spacial score (nSPS) is 12.1. The fourth-order valence-corrected chi connectivity index (χ4v) is 1.78. The SMILES string of the molecule is CCCCNC(=O)CSC(C)CC(=O)O. The Balaban J connectivity index is 3.48. The van der Waals surface area contributed by atoms with Crippen LogP contribution in [-0.2, 0) is 9.59 Å². The van der Waals surface area contributed by atoms with E-state index < -0.39 is 5.97 Å². The molecular formula is C10H19NO3S. The molecule has 0 aromatic rings. The van der Waals surface area contributed by atoms with Crippen LogP contribution in [-0.4, -0.2) is 34.5 Å². The largest absolute Gasteiger partial charge is 0.481 e. The summed E-state index contributed by atoms with van der Waals surface area (Å²) in [6, 6.07) is 0. The topological polar surface area (TPSA) is 66.4 Å². The third-order valence-electron chi connectivity index (χ3n) is 1.81. The minimum absolute atomic E-state index is 0.00862. The fourth-order valence-electron chi connectivity index (χ4n) is 0.978. The Morgan fingerprint density at radius 2 is 2.13 bits per heavy atom. The molecule has 0 aromatic carbocycles. The van der Waals surface area contributed by atoms with Crippen LogP contribution < -0.4 is 5.32 Å². The second kappa shape index (κ2) is 8.59. The molecule has 1 unspecified atom stereocenters. The summed E-state index contributed by atoms with van der Waals surface area (Å²) in [6.07, 6.45) is 2.15. The molecule has 0 rings (SSSR count). The minimum atomic E-state index is -0.818. The number of unbranched alkanes of at least 4 members (excludes halogenated alkanes) is 1. The lowest BCUT2D eigenvalue weighted by Gasteiger charge is -2.08. The average molecular weight is 233 g/mol. The van der Waals surface area contributed by atoms with Crippen LogP contribution >= 0.6 is 11.8 Å². The van der Waals surface area contributed by atoms with Crippen molar-refractivity contribution < 1.29 is 14.7 Å². The summed E-state index contributed by atoms with van der Waals surface area (Å²) in [6.45, 7) is 4.59. The van der Waals surface area contributed by atoms with Crippen LogP contribution in [0, 0.1) is 0 Å². The van der Waals surface area contributed by atoms with Crippen LogP contribution in [0.4, 0.5) is 0 Å². The Hall–Kier alpha value is -0.710. The van der Waals surface area contributed by atoms with E-state index >= 15 is 0 Å². The summed E-state index contributed by atoms with van der Waals surface area (Å²) in [4.78, 5) is 21.6. The van der Waals surface area contributed by atoms with Crippen molar-refractivity contribution in [2.24, 2.45) is 0 Å². The first-order valence-electron chi connectivity index (χ1n) is 5.16. The van der Waals surface area contributed by atoms with E-state index in [4.69, 9.17) is 5.11 Å². The Morgan fingerprint density at radius 1 is 1.47 bits per heavy atom. The molecule has 15 heavy (non-hydrogen) atoms. The van der Waals surface area contributed by atoms with Crippen LogP contribution in [0.1, 0.15) is 33.1 Å². The van der Waals surface area contributed by atoms with E-state index in [1.807, 2.05) is 6.92 Å². The van der Waals surface area contributed by atoms with Crippen LogP contribution in [0.5, 0.6) is 0 Å². The maximum atomic E-state index is 11.2. The van der Waals surface area contributed by atoms with Crippen LogP contribution in [0.25, 0.3) is 0 Å². The number of thioether (sulfide) groups is 1. The van der Waals surface area contributed by atoms with Crippen LogP contribution in [0.3, 0.4) is 0 Å². The summed E-state index contributed by atoms with van der Waals surface area (Å²) in [5.74, 6) is -0.481. The van der Waals surface area contributed by atoms with Gasteiger partial charge in [0, 0.05) is 11.8 Å². The van der Waals surface area contributed by atoms with E-state index in [1.54, 1.807) is 0 Å². The van der Waals surface area contributed by atoms with Gasteiger partial charge >= 0.3 is 5.97 Å². The predicted octanol–water partition coefficient (Wildman–Crippen LogP) is 1.50. The van der Waals surface area contributed by atoms with Gasteiger partial charge in [0.2, 0.25) is 5.91 Å². The molecule has 0 aliphatic rings. The fraction of sp³-hybridized carbons (Fsp3) is 0.800. The highest BCUT2D eigenvalue weighted by molar-refractivity contribution is 8.00. The second-order valence-corrected chi connectivity index (χ2v) is 4.85. The van der Waals surface area contributed by atoms with Crippen molar-refractivity contribution in [2.75, 3.05) is 12.3 Å². The van der Waals surface area contributed by atoms with Gasteiger partial charge in [0.15, 0.2) is 0 Å². The molecule has 0 radical (unpaired) electrons. The third kappa shape index (κ3) is 9.59. The zero-order valence-corrected chi connectivity index (χ0v) is 10.1. The molecule has 0 aliphatic carbocycles. The van der Waals surface area contributed by atoms with Crippen molar-refractivity contribution >= 4 is 23.6 Å². The minimum Gasteiger partial charge on any atom is -0.481 e. The number of rotatable bonds is 8. The highest BCUT2D eigenvalue weighted by Crippen LogP contribution is 2.13. The van der Waals surface area contributed by atoms with E-state index in [1.165, 1.54) is 11.8 Å². The first kappa shape index (κ1) is 14.3. The number of carbonyl (C=O) groups excluding carboxylic acids is 1. The number of carboxylic acids is 1. The Bertz CT molecular complexity index is 209. The Morgan fingerprint density at radius 3 is 2.67 bits per heavy atom. The second-order valence-electron chi connectivity index (χ2n) is 3.42. The van der Waals surface area contributed by atoms with Crippen LogP contribution in [0.15, 0.2) is 0 Å². The number of carboxylic acid groups (broad SMARTS) is 1. The van der Waals surface area contributed by atoms with Crippen molar-refractivity contribution in [1.29, 1.82) is 0 Å². The molecule has 5 heteroatoms. The molecule has 1 amide bonds. The van der Waals surface area contributed by atoms with Crippen molar-refractivity contribution in [3.05, 3.63) is 0 Å². The van der Waals surface area contributed by atoms with Gasteiger partial charge in [0.25, 0.3) is 0 Å². The number of hydrogen-bond donors (Lipinski definition) is 2. The average Bonchev–Trinajstić information content (AvgIpc) is 2.14. The van der Waals surface area contributed by atoms with Gasteiger partial charge in [-0.15, -0.1) is 11.8 Å². The highest BCUT2D eigenvalue weighted by Gasteiger charge is 2.10. The van der Waals surface area contributed by atoms with Crippen molar-refractivity contribution in [3.8, 4) is 0 Å². The van der Waals surface area contributed by atoms with Gasteiger partial charge in [-0.1, -0.05) is 20.3 Å². The molecular weight excluding hydrogens is 214 g/mol. The Labute approximate surface area is 94.8 Å². The number of hydrogen-bond acceptors (Lipinski definition) is 3. The lowest BCUT2D eigenvalue weighted by atomic mass is 10.3. The van der Waals surface area contributed by atoms with Gasteiger partial charge in [-0.3, -0.25) is 9.59 Å². The van der Waals surface area contributed by atoms with Gasteiger partial charge in [-0.05, 0) is 6.42 Å². The van der Waals surface area contributed by atoms with Gasteiger partial charge in [-0.25, -0.2) is 0 Å². The highest BCUT2D eigenvalue weighted by atomic mass is 32.2. The van der Waals surface area contributed by atoms with Gasteiger partial charge < -0.3 is 10.4 Å². The Kier molecular flexibility index (Phi) is 8.18. The van der Waals surface area contributed by atoms with Crippen molar-refractivity contribution in [2.45, 2.75) is 38.4 Å². The molecule has 0 fully saturated rings. The quantitative estimate of drug-likeness (QED) is 0.623. The molecule has 0 spiro atoms. The van der Waals surface area contributed by atoms with E-state index in [0.717, 1.165) is 12.8 Å². The summed E-state index contributed by atoms with van der Waals surface area (Å²) < 4.78 is 0. The number of aliphatic carboxylic acids is 1. The molecule has 2 N–H and O–H groups in total. The zero-order valence-electron chi connectivity index (χ0n) is 9.28. The standard InChI is InChI=1S/C10H19NO3S/c1-3-4-5-11-9(12)7-15-8(2)6-10(13)14/h8H,3-7H2,1-2H3,(H,11,12)(H,13,14). The van der Waals surface area contributed by atoms with E-state index in [0.29, 0.717) is 12.3 Å². The summed E-state index contributed by atoms with van der Waals surface area (Å²) in [7, 11) is 0. The molecule has 0 heterocycles. The first-order valence-corrected chi connectivity index (χ1v) is 6.21. The van der Waals surface area contributed by atoms with Gasteiger partial charge in [0.05, 0.1) is 12.2 Å². The molecule has 0 saturated carbocycles. The smallest absolute Gasteiger partial charge is 0.304 e. The molecule has 0 aliphatic heterocycles. The molecule has 0 bridgehead atoms. The lowest BCUT2D eigenvalue weighted by molar-refractivity contribution is -0.136. The van der Waals surface area contributed by atoms with Crippen molar-refractivity contribution in [1.82, 2.24) is 5.32 Å². The monoisotopic (exact) mass is 233 g/mol. The maximum Gasteiger partial charge on any atom is 0.304 e. The summed E-state index contributed by atoms with van der Waals surface area (Å²) in [5, 5.41) is 11.3. The van der Waals surface area contributed by atoms with E-state index in [2.05, 4.69) is 12.2 Å².